The van der Waals surface area contributed by atoms with Gasteiger partial charge in [0.2, 0.25) is 0 Å². The molecule has 0 aromatic heterocycles. The van der Waals surface area contributed by atoms with E-state index >= 15 is 0 Å². The number of carbonyl (C=O) groups excluding carboxylic acids is 4. The summed E-state index contributed by atoms with van der Waals surface area (Å²) in [5.41, 5.74) is -6.70. The minimum Gasteiger partial charge on any atom is -0.458 e. The van der Waals surface area contributed by atoms with Gasteiger partial charge in [-0.2, -0.15) is 0 Å². The number of hydrogen-bond acceptors (Lipinski definition) is 8. The van der Waals surface area contributed by atoms with E-state index in [9.17, 15) is 24.3 Å². The second kappa shape index (κ2) is 8.29. The van der Waals surface area contributed by atoms with Crippen molar-refractivity contribution in [1.29, 1.82) is 0 Å². The SMILES string of the molecule is C=C1C(=O)C23CCC4C5(C)CCCC4(OC5=O)C2(C)CCC1(OC(=O)C1(O)CC24CCC5C6(C)CCCC5(OC6=O)C2(C)CCC1C4)C3. The van der Waals surface area contributed by atoms with Crippen molar-refractivity contribution in [3.63, 3.8) is 0 Å². The van der Waals surface area contributed by atoms with E-state index in [1.807, 2.05) is 0 Å². The Balaban J connectivity index is 0.970. The molecular weight excluding hydrogens is 608 g/mol. The minimum atomic E-state index is -1.67. The van der Waals surface area contributed by atoms with Crippen molar-refractivity contribution >= 4 is 23.7 Å². The molecule has 8 aliphatic carbocycles. The van der Waals surface area contributed by atoms with Crippen LogP contribution >= 0.6 is 0 Å². The first-order valence-electron chi connectivity index (χ1n) is 19.1. The first-order valence-corrected chi connectivity index (χ1v) is 19.1. The van der Waals surface area contributed by atoms with Crippen LogP contribution in [0, 0.1) is 50.2 Å². The maximum absolute atomic E-state index is 14.6. The Bertz CT molecular complexity index is 1650. The highest BCUT2D eigenvalue weighted by atomic mass is 16.6. The van der Waals surface area contributed by atoms with E-state index in [1.54, 1.807) is 0 Å². The van der Waals surface area contributed by atoms with E-state index in [1.165, 1.54) is 0 Å². The zero-order valence-corrected chi connectivity index (χ0v) is 29.3. The third-order valence-corrected chi connectivity index (χ3v) is 18.9. The van der Waals surface area contributed by atoms with Crippen LogP contribution in [-0.2, 0) is 33.4 Å². The molecule has 2 heterocycles. The average Bonchev–Trinajstić information content (AvgIpc) is 3.49. The predicted molar refractivity (Wildman–Crippen MR) is 172 cm³/mol. The Morgan fingerprint density at radius 3 is 2.00 bits per heavy atom. The molecule has 0 aromatic carbocycles. The highest BCUT2D eigenvalue weighted by Crippen LogP contribution is 2.80. The molecule has 1 N–H and O–H groups in total. The van der Waals surface area contributed by atoms with Gasteiger partial charge in [0.15, 0.2) is 11.4 Å². The fourth-order valence-electron chi connectivity index (χ4n) is 16.2. The molecule has 0 aromatic rings. The second-order valence-corrected chi connectivity index (χ2v) is 19.7. The van der Waals surface area contributed by atoms with Gasteiger partial charge in [-0.15, -0.1) is 0 Å². The van der Waals surface area contributed by atoms with E-state index in [-0.39, 0.29) is 46.3 Å². The fourth-order valence-corrected chi connectivity index (χ4v) is 16.2. The number of hydrogen-bond donors (Lipinski definition) is 1. The molecule has 13 unspecified atom stereocenters. The zero-order valence-electron chi connectivity index (χ0n) is 29.3. The lowest BCUT2D eigenvalue weighted by atomic mass is 9.39. The van der Waals surface area contributed by atoms with Crippen molar-refractivity contribution in [2.24, 2.45) is 50.2 Å². The maximum Gasteiger partial charge on any atom is 0.339 e. The van der Waals surface area contributed by atoms with Crippen LogP contribution in [0.4, 0.5) is 0 Å². The van der Waals surface area contributed by atoms with E-state index in [4.69, 9.17) is 14.2 Å². The molecule has 10 rings (SSSR count). The normalized spacial score (nSPS) is 60.0. The molecule has 2 saturated heterocycles. The van der Waals surface area contributed by atoms with Crippen LogP contribution in [0.2, 0.25) is 0 Å². The van der Waals surface area contributed by atoms with Gasteiger partial charge in [-0.1, -0.05) is 20.4 Å². The number of ether oxygens (including phenoxy) is 3. The average molecular weight is 661 g/mol. The summed E-state index contributed by atoms with van der Waals surface area (Å²) < 4.78 is 19.6. The van der Waals surface area contributed by atoms with Gasteiger partial charge >= 0.3 is 17.9 Å². The van der Waals surface area contributed by atoms with Crippen molar-refractivity contribution in [1.82, 2.24) is 0 Å². The van der Waals surface area contributed by atoms with Crippen molar-refractivity contribution in [3.05, 3.63) is 12.2 Å². The Morgan fingerprint density at radius 1 is 0.750 bits per heavy atom. The van der Waals surface area contributed by atoms with Crippen molar-refractivity contribution < 1.29 is 38.5 Å². The summed E-state index contributed by atoms with van der Waals surface area (Å²) in [5, 5.41) is 12.6. The summed E-state index contributed by atoms with van der Waals surface area (Å²) in [6, 6.07) is 0. The quantitative estimate of drug-likeness (QED) is 0.208. The smallest absolute Gasteiger partial charge is 0.339 e. The van der Waals surface area contributed by atoms with Crippen LogP contribution < -0.4 is 0 Å². The predicted octanol–water partition coefficient (Wildman–Crippen LogP) is 6.30. The summed E-state index contributed by atoms with van der Waals surface area (Å²) in [7, 11) is 0. The highest BCUT2D eigenvalue weighted by Gasteiger charge is 2.83. The van der Waals surface area contributed by atoms with Crippen LogP contribution in [0.1, 0.15) is 137 Å². The Hall–Kier alpha value is -2.22. The summed E-state index contributed by atoms with van der Waals surface area (Å²) in [4.78, 5) is 56.0. The van der Waals surface area contributed by atoms with Crippen molar-refractivity contribution in [2.75, 3.05) is 0 Å². The second-order valence-electron chi connectivity index (χ2n) is 19.7. The molecule has 8 bridgehead atoms. The number of esters is 3. The van der Waals surface area contributed by atoms with Gasteiger partial charge in [0, 0.05) is 40.1 Å². The van der Waals surface area contributed by atoms with Gasteiger partial charge in [0.25, 0.3) is 0 Å². The van der Waals surface area contributed by atoms with Gasteiger partial charge in [-0.25, -0.2) is 4.79 Å². The summed E-state index contributed by atoms with van der Waals surface area (Å²) in [5.74, 6) is -0.800. The van der Waals surface area contributed by atoms with E-state index in [2.05, 4.69) is 34.3 Å². The molecule has 8 saturated carbocycles. The third kappa shape index (κ3) is 2.75. The zero-order chi connectivity index (χ0) is 33.8. The molecule has 2 spiro atoms. The van der Waals surface area contributed by atoms with Crippen LogP contribution in [0.25, 0.3) is 0 Å². The number of rotatable bonds is 2. The van der Waals surface area contributed by atoms with E-state index in [0.717, 1.165) is 70.6 Å². The molecule has 8 nitrogen and oxygen atoms in total. The fraction of sp³-hybridized carbons (Fsp3) is 0.850. The van der Waals surface area contributed by atoms with Crippen LogP contribution in [0.5, 0.6) is 0 Å². The lowest BCUT2D eigenvalue weighted by Crippen LogP contribution is -2.67. The van der Waals surface area contributed by atoms with Gasteiger partial charge in [0.1, 0.15) is 16.8 Å². The van der Waals surface area contributed by atoms with Gasteiger partial charge in [0.05, 0.1) is 10.8 Å². The first-order chi connectivity index (χ1) is 22.5. The highest BCUT2D eigenvalue weighted by molar-refractivity contribution is 6.06. The molecule has 260 valence electrons. The Labute approximate surface area is 283 Å². The topological polar surface area (TPSA) is 116 Å². The lowest BCUT2D eigenvalue weighted by Gasteiger charge is -2.64. The Kier molecular flexibility index (Phi) is 5.28. The van der Waals surface area contributed by atoms with Gasteiger partial charge < -0.3 is 19.3 Å². The van der Waals surface area contributed by atoms with Crippen LogP contribution in [0.3, 0.4) is 0 Å². The van der Waals surface area contributed by atoms with Gasteiger partial charge in [-0.3, -0.25) is 14.4 Å². The molecular formula is C40H52O8. The van der Waals surface area contributed by atoms with E-state index < -0.39 is 50.0 Å². The van der Waals surface area contributed by atoms with E-state index in [0.29, 0.717) is 44.1 Å². The minimum absolute atomic E-state index is 0.0394. The molecule has 10 fully saturated rings. The molecule has 13 atom stereocenters. The number of aliphatic hydroxyl groups is 1. The van der Waals surface area contributed by atoms with Crippen LogP contribution in [-0.4, -0.2) is 51.2 Å². The number of carbonyl (C=O) groups is 4. The molecule has 0 radical (unpaired) electrons. The summed E-state index contributed by atoms with van der Waals surface area (Å²) in [6.07, 6.45) is 12.2. The maximum atomic E-state index is 14.6. The molecule has 8 heteroatoms. The van der Waals surface area contributed by atoms with Crippen LogP contribution in [0.15, 0.2) is 12.2 Å². The number of Topliss-reactive ketones (excluding diaryl/α,β-unsaturated/α-hetero) is 1. The summed E-state index contributed by atoms with van der Waals surface area (Å²) in [6.45, 7) is 12.9. The molecule has 48 heavy (non-hydrogen) atoms. The summed E-state index contributed by atoms with van der Waals surface area (Å²) >= 11 is 0. The molecule has 2 aliphatic heterocycles. The number of fused-ring (bicyclic) bond motifs is 2. The molecule has 0 amide bonds. The number of ketones is 1. The Morgan fingerprint density at radius 2 is 1.35 bits per heavy atom. The largest absolute Gasteiger partial charge is 0.458 e. The van der Waals surface area contributed by atoms with Crippen molar-refractivity contribution in [2.45, 2.75) is 159 Å². The van der Waals surface area contributed by atoms with Gasteiger partial charge in [-0.05, 0) is 128 Å². The molecule has 10 aliphatic rings. The first kappa shape index (κ1) is 30.6. The van der Waals surface area contributed by atoms with Crippen molar-refractivity contribution in [3.8, 4) is 0 Å². The lowest BCUT2D eigenvalue weighted by molar-refractivity contribution is -0.236. The third-order valence-electron chi connectivity index (χ3n) is 18.9. The standard InChI is InChI=1S/C40H52O8/c1-23-27(41)36-17-10-26-32(3)12-7-14-40(26,48-29(32)43)34(36,5)18-19-37(23,22-36)46-30(44)38(45)21-35-16-9-25-31(2)11-6-13-39(25,47-28(31)42)33(35,4)15-8-24(38)20-35/h24-26,45H,1,6-22H2,2-5H3. The monoisotopic (exact) mass is 660 g/mol.